The molecule has 0 aromatic rings. The third kappa shape index (κ3) is 5.56. The van der Waals surface area contributed by atoms with Crippen LogP contribution in [0.4, 0.5) is 26.3 Å². The fraction of sp³-hybridized carbons (Fsp3) is 1.00. The van der Waals surface area contributed by atoms with Gasteiger partial charge in [-0.2, -0.15) is 26.3 Å². The van der Waals surface area contributed by atoms with E-state index in [1.807, 2.05) is 0 Å². The van der Waals surface area contributed by atoms with Gasteiger partial charge in [0, 0.05) is 12.6 Å². The number of nitrogens with one attached hydrogen (secondary N) is 1. The molecule has 8 heteroatoms. The molecular weight excluding hydrogens is 276 g/mol. The molecule has 114 valence electrons. The first-order chi connectivity index (χ1) is 8.60. The Kier molecular flexibility index (Phi) is 5.49. The van der Waals surface area contributed by atoms with E-state index in [4.69, 9.17) is 0 Å². The van der Waals surface area contributed by atoms with Crippen molar-refractivity contribution in [3.05, 3.63) is 0 Å². The fourth-order valence-corrected chi connectivity index (χ4v) is 2.08. The summed E-state index contributed by atoms with van der Waals surface area (Å²) in [4.78, 5) is 0. The van der Waals surface area contributed by atoms with Gasteiger partial charge in [0.2, 0.25) is 6.10 Å². The SMILES string of the molecule is CC(CNC1CCCC1)OC(C(F)(F)F)C(F)(F)F. The molecule has 0 aromatic heterocycles. The second kappa shape index (κ2) is 6.30. The van der Waals surface area contributed by atoms with Crippen LogP contribution in [0.1, 0.15) is 32.6 Å². The zero-order chi connectivity index (χ0) is 14.7. The quantitative estimate of drug-likeness (QED) is 0.784. The molecule has 1 saturated carbocycles. The van der Waals surface area contributed by atoms with Gasteiger partial charge in [0.15, 0.2) is 0 Å². The van der Waals surface area contributed by atoms with Crippen molar-refractivity contribution < 1.29 is 31.1 Å². The highest BCUT2D eigenvalue weighted by molar-refractivity contribution is 4.79. The Balaban J connectivity index is 2.44. The van der Waals surface area contributed by atoms with Crippen molar-refractivity contribution in [1.29, 1.82) is 0 Å². The maximum absolute atomic E-state index is 12.3. The van der Waals surface area contributed by atoms with Gasteiger partial charge in [-0.3, -0.25) is 0 Å². The maximum atomic E-state index is 12.3. The van der Waals surface area contributed by atoms with Crippen LogP contribution in [0.2, 0.25) is 0 Å². The molecule has 1 unspecified atom stereocenters. The van der Waals surface area contributed by atoms with Gasteiger partial charge in [0.05, 0.1) is 6.10 Å². The highest BCUT2D eigenvalue weighted by atomic mass is 19.4. The van der Waals surface area contributed by atoms with E-state index in [-0.39, 0.29) is 12.6 Å². The standard InChI is InChI=1S/C11H17F6NO/c1-7(6-18-8-4-2-3-5-8)19-9(10(12,13)14)11(15,16)17/h7-9,18H,2-6H2,1H3. The van der Waals surface area contributed by atoms with Crippen molar-refractivity contribution in [2.45, 2.75) is 63.2 Å². The molecule has 0 radical (unpaired) electrons. The van der Waals surface area contributed by atoms with Gasteiger partial charge in [-0.15, -0.1) is 0 Å². The van der Waals surface area contributed by atoms with Crippen LogP contribution in [-0.2, 0) is 4.74 Å². The topological polar surface area (TPSA) is 21.3 Å². The van der Waals surface area contributed by atoms with Gasteiger partial charge >= 0.3 is 12.4 Å². The van der Waals surface area contributed by atoms with Crippen LogP contribution in [0, 0.1) is 0 Å². The first-order valence-corrected chi connectivity index (χ1v) is 6.13. The minimum atomic E-state index is -5.44. The first-order valence-electron chi connectivity index (χ1n) is 6.13. The average Bonchev–Trinajstić information content (AvgIpc) is 2.72. The van der Waals surface area contributed by atoms with Crippen LogP contribution in [0.15, 0.2) is 0 Å². The largest absolute Gasteiger partial charge is 0.423 e. The van der Waals surface area contributed by atoms with Crippen LogP contribution >= 0.6 is 0 Å². The van der Waals surface area contributed by atoms with Gasteiger partial charge in [0.25, 0.3) is 0 Å². The van der Waals surface area contributed by atoms with E-state index in [0.29, 0.717) is 0 Å². The molecule has 0 spiro atoms. The number of halogens is 6. The van der Waals surface area contributed by atoms with Gasteiger partial charge in [-0.1, -0.05) is 12.8 Å². The summed E-state index contributed by atoms with van der Waals surface area (Å²) >= 11 is 0. The van der Waals surface area contributed by atoms with E-state index in [0.717, 1.165) is 25.7 Å². The highest BCUT2D eigenvalue weighted by Crippen LogP contribution is 2.36. The molecule has 0 aliphatic heterocycles. The van der Waals surface area contributed by atoms with Gasteiger partial charge in [-0.25, -0.2) is 0 Å². The lowest BCUT2D eigenvalue weighted by molar-refractivity contribution is -0.329. The summed E-state index contributed by atoms with van der Waals surface area (Å²) in [5, 5.41) is 2.93. The van der Waals surface area contributed by atoms with Crippen LogP contribution in [-0.4, -0.2) is 37.1 Å². The zero-order valence-electron chi connectivity index (χ0n) is 10.4. The Bertz CT molecular complexity index is 257. The summed E-state index contributed by atoms with van der Waals surface area (Å²) in [6, 6.07) is 0.168. The van der Waals surface area contributed by atoms with E-state index in [1.54, 1.807) is 0 Å². The second-order valence-electron chi connectivity index (χ2n) is 4.80. The number of rotatable bonds is 5. The fourth-order valence-electron chi connectivity index (χ4n) is 2.08. The van der Waals surface area contributed by atoms with E-state index in [9.17, 15) is 26.3 Å². The third-order valence-corrected chi connectivity index (χ3v) is 3.01. The van der Waals surface area contributed by atoms with Crippen molar-refractivity contribution in [2.75, 3.05) is 6.54 Å². The summed E-state index contributed by atoms with van der Waals surface area (Å²) in [6.45, 7) is 1.18. The van der Waals surface area contributed by atoms with Gasteiger partial charge < -0.3 is 10.1 Å². The molecule has 0 bridgehead atoms. The average molecular weight is 293 g/mol. The molecule has 1 rings (SSSR count). The van der Waals surface area contributed by atoms with E-state index >= 15 is 0 Å². The second-order valence-corrected chi connectivity index (χ2v) is 4.80. The molecule has 0 aromatic carbocycles. The van der Waals surface area contributed by atoms with Gasteiger partial charge in [-0.05, 0) is 19.8 Å². The van der Waals surface area contributed by atoms with Crippen LogP contribution in [0.3, 0.4) is 0 Å². The lowest BCUT2D eigenvalue weighted by Crippen LogP contribution is -2.48. The number of hydrogen-bond acceptors (Lipinski definition) is 2. The smallest absolute Gasteiger partial charge is 0.357 e. The molecule has 19 heavy (non-hydrogen) atoms. The van der Waals surface area contributed by atoms with Crippen LogP contribution in [0.25, 0.3) is 0 Å². The molecule has 1 aliphatic carbocycles. The Hall–Kier alpha value is -0.500. The number of hydrogen-bond donors (Lipinski definition) is 1. The monoisotopic (exact) mass is 293 g/mol. The predicted octanol–water partition coefficient (Wildman–Crippen LogP) is 3.42. The predicted molar refractivity (Wildman–Crippen MR) is 56.7 cm³/mol. The Morgan fingerprint density at radius 1 is 1.05 bits per heavy atom. The Labute approximate surface area is 107 Å². The summed E-state index contributed by atoms with van der Waals surface area (Å²) in [7, 11) is 0. The number of ether oxygens (including phenoxy) is 1. The summed E-state index contributed by atoms with van der Waals surface area (Å²) in [6.07, 6.45) is -11.9. The van der Waals surface area contributed by atoms with Crippen LogP contribution in [0.5, 0.6) is 0 Å². The Morgan fingerprint density at radius 3 is 1.95 bits per heavy atom. The van der Waals surface area contributed by atoms with Crippen molar-refractivity contribution in [3.63, 3.8) is 0 Å². The van der Waals surface area contributed by atoms with E-state index in [1.165, 1.54) is 6.92 Å². The molecule has 0 amide bonds. The number of alkyl halides is 6. The Morgan fingerprint density at radius 2 is 1.53 bits per heavy atom. The molecular formula is C11H17F6NO. The molecule has 1 N–H and O–H groups in total. The normalized spacial score (nSPS) is 20.2. The van der Waals surface area contributed by atoms with Crippen molar-refractivity contribution >= 4 is 0 Å². The van der Waals surface area contributed by atoms with Gasteiger partial charge in [0.1, 0.15) is 0 Å². The lowest BCUT2D eigenvalue weighted by atomic mass is 10.2. The molecule has 0 saturated heterocycles. The lowest BCUT2D eigenvalue weighted by Gasteiger charge is -2.27. The first kappa shape index (κ1) is 16.6. The van der Waals surface area contributed by atoms with E-state index < -0.39 is 24.6 Å². The molecule has 1 fully saturated rings. The molecule has 1 aliphatic rings. The molecule has 2 nitrogen and oxygen atoms in total. The molecule has 0 heterocycles. The van der Waals surface area contributed by atoms with Crippen molar-refractivity contribution in [1.82, 2.24) is 5.32 Å². The summed E-state index contributed by atoms with van der Waals surface area (Å²) in [5.41, 5.74) is 0. The van der Waals surface area contributed by atoms with E-state index in [2.05, 4.69) is 10.1 Å². The minimum Gasteiger partial charge on any atom is -0.357 e. The van der Waals surface area contributed by atoms with Crippen molar-refractivity contribution in [3.8, 4) is 0 Å². The van der Waals surface area contributed by atoms with Crippen LogP contribution < -0.4 is 5.32 Å². The summed E-state index contributed by atoms with van der Waals surface area (Å²) in [5.74, 6) is 0. The third-order valence-electron chi connectivity index (χ3n) is 3.01. The van der Waals surface area contributed by atoms with Crippen molar-refractivity contribution in [2.24, 2.45) is 0 Å². The molecule has 1 atom stereocenters. The summed E-state index contributed by atoms with van der Waals surface area (Å²) < 4.78 is 77.6. The zero-order valence-corrected chi connectivity index (χ0v) is 10.4. The minimum absolute atomic E-state index is 0.0205. The maximum Gasteiger partial charge on any atom is 0.423 e. The highest BCUT2D eigenvalue weighted by Gasteiger charge is 2.58.